The molecule has 2 aliphatic carbocycles. The predicted molar refractivity (Wildman–Crippen MR) is 76.3 cm³/mol. The van der Waals surface area contributed by atoms with Gasteiger partial charge in [0.25, 0.3) is 0 Å². The number of nitrogens with one attached hydrogen (secondary N) is 1. The van der Waals surface area contributed by atoms with E-state index < -0.39 is 52.1 Å². The van der Waals surface area contributed by atoms with Crippen LogP contribution in [-0.2, 0) is 34.0 Å². The summed E-state index contributed by atoms with van der Waals surface area (Å²) >= 11 is 0. The third-order valence-electron chi connectivity index (χ3n) is 5.18. The van der Waals surface area contributed by atoms with E-state index in [1.54, 1.807) is 0 Å². The lowest BCUT2D eigenvalue weighted by Crippen LogP contribution is -2.40. The zero-order chi connectivity index (χ0) is 19.3. The van der Waals surface area contributed by atoms with Crippen LogP contribution in [0, 0.1) is 23.7 Å². The maximum absolute atomic E-state index is 12.9. The summed E-state index contributed by atoms with van der Waals surface area (Å²) in [5, 5.41) is -2.26. The van der Waals surface area contributed by atoms with Crippen molar-refractivity contribution in [2.75, 3.05) is 13.2 Å². The van der Waals surface area contributed by atoms with E-state index in [1.807, 2.05) is 0 Å². The Morgan fingerprint density at radius 1 is 1.35 bits per heavy atom. The molecular weight excluding hydrogens is 380 g/mol. The van der Waals surface area contributed by atoms with Gasteiger partial charge in [-0.05, 0) is 18.8 Å². The van der Waals surface area contributed by atoms with Crippen molar-refractivity contribution in [2.45, 2.75) is 30.6 Å². The number of hydrogen-bond donors (Lipinski definition) is 1. The second-order valence-corrected chi connectivity index (χ2v) is 8.22. The van der Waals surface area contributed by atoms with Crippen molar-refractivity contribution in [3.05, 3.63) is 0 Å². The minimum atomic E-state index is -5.93. The minimum Gasteiger partial charge on any atom is -0.743 e. The third kappa shape index (κ3) is 3.27. The normalized spacial score (nSPS) is 32.4. The van der Waals surface area contributed by atoms with Crippen molar-refractivity contribution in [1.29, 1.82) is 0 Å². The number of fused-ring (bicyclic) bond motifs is 1. The molecule has 0 aromatic rings. The first-order valence-corrected chi connectivity index (χ1v) is 9.39. The summed E-state index contributed by atoms with van der Waals surface area (Å²) in [5.74, 6) is -2.93. The van der Waals surface area contributed by atoms with Gasteiger partial charge in [-0.25, -0.2) is 8.42 Å². The number of halogens is 2. The number of ether oxygens (including phenoxy) is 2. The first-order chi connectivity index (χ1) is 12.0. The molecule has 2 saturated carbocycles. The number of rotatable bonds is 7. The van der Waals surface area contributed by atoms with Crippen molar-refractivity contribution < 1.29 is 45.6 Å². The Morgan fingerprint density at radius 2 is 2.04 bits per heavy atom. The molecule has 12 heteroatoms. The molecule has 0 aromatic heterocycles. The topological polar surface area (TPSA) is 139 Å². The van der Waals surface area contributed by atoms with Crippen molar-refractivity contribution >= 4 is 28.0 Å². The van der Waals surface area contributed by atoms with Gasteiger partial charge in [0.2, 0.25) is 5.91 Å². The largest absolute Gasteiger partial charge is 0.743 e. The lowest BCUT2D eigenvalue weighted by molar-refractivity contribution is -0.150. The van der Waals surface area contributed by atoms with Gasteiger partial charge in [-0.1, -0.05) is 0 Å². The third-order valence-corrected chi connectivity index (χ3v) is 6.03. The Bertz CT molecular complexity index is 737. The lowest BCUT2D eigenvalue weighted by atomic mass is 9.79. The van der Waals surface area contributed by atoms with Crippen LogP contribution < -0.4 is 5.32 Å². The van der Waals surface area contributed by atoms with Crippen molar-refractivity contribution in [2.24, 2.45) is 23.7 Å². The van der Waals surface area contributed by atoms with E-state index >= 15 is 0 Å². The Labute approximate surface area is 147 Å². The molecule has 2 bridgehead atoms. The average molecular weight is 396 g/mol. The fourth-order valence-corrected chi connectivity index (χ4v) is 4.28. The fourth-order valence-electron chi connectivity index (χ4n) is 4.08. The van der Waals surface area contributed by atoms with Crippen LogP contribution in [0.3, 0.4) is 0 Å². The van der Waals surface area contributed by atoms with E-state index in [1.165, 1.54) is 0 Å². The minimum absolute atomic E-state index is 0.0364. The summed E-state index contributed by atoms with van der Waals surface area (Å²) in [6.07, 6.45) is 0.765. The molecule has 1 heterocycles. The summed E-state index contributed by atoms with van der Waals surface area (Å²) in [4.78, 5) is 35.5. The van der Waals surface area contributed by atoms with Gasteiger partial charge >= 0.3 is 17.2 Å². The van der Waals surface area contributed by atoms with Crippen molar-refractivity contribution in [3.8, 4) is 0 Å². The molecule has 5 atom stereocenters. The van der Waals surface area contributed by atoms with Gasteiger partial charge in [0.1, 0.15) is 6.10 Å². The molecule has 146 valence electrons. The summed E-state index contributed by atoms with van der Waals surface area (Å²) in [6, 6.07) is 0. The van der Waals surface area contributed by atoms with Crippen LogP contribution in [0.25, 0.3) is 0 Å². The molecule has 9 nitrogen and oxygen atoms in total. The molecule has 5 unspecified atom stereocenters. The molecule has 1 saturated heterocycles. The number of carbonyl (C=O) groups is 3. The monoisotopic (exact) mass is 396 g/mol. The number of hydrogen-bond acceptors (Lipinski definition) is 8. The average Bonchev–Trinajstić information content (AvgIpc) is 3.13. The Balaban J connectivity index is 1.43. The summed E-state index contributed by atoms with van der Waals surface area (Å²) in [5.41, 5.74) is 0. The van der Waals surface area contributed by atoms with Crippen LogP contribution >= 0.6 is 0 Å². The van der Waals surface area contributed by atoms with E-state index in [-0.39, 0.29) is 30.5 Å². The molecule has 0 radical (unpaired) electrons. The number of esters is 2. The van der Waals surface area contributed by atoms with E-state index in [2.05, 4.69) is 10.1 Å². The predicted octanol–water partition coefficient (Wildman–Crippen LogP) is -0.628. The molecule has 1 amide bonds. The van der Waals surface area contributed by atoms with E-state index in [0.29, 0.717) is 6.42 Å². The summed E-state index contributed by atoms with van der Waals surface area (Å²) < 4.78 is 65.8. The lowest BCUT2D eigenvalue weighted by Gasteiger charge is -2.23. The summed E-state index contributed by atoms with van der Waals surface area (Å²) in [6.45, 7) is -2.11. The highest BCUT2D eigenvalue weighted by Crippen LogP contribution is 2.57. The molecule has 3 rings (SSSR count). The second kappa shape index (κ2) is 6.41. The molecule has 26 heavy (non-hydrogen) atoms. The highest BCUT2D eigenvalue weighted by Gasteiger charge is 2.63. The first-order valence-electron chi connectivity index (χ1n) is 7.98. The standard InChI is InChI=1S/C14H17F2NO8S/c15-14(16,26(21,22)23)5-24-9(18)1-2-17-12(19)10-6-3-7-8(4-6)25-13(20)11(7)10/h6-8,10-11H,1-5H2,(H,17,19)(H,21,22,23)/p-1. The van der Waals surface area contributed by atoms with Crippen molar-refractivity contribution in [3.63, 3.8) is 0 Å². The van der Waals surface area contributed by atoms with Gasteiger partial charge in [-0.3, -0.25) is 14.4 Å². The van der Waals surface area contributed by atoms with Crippen LogP contribution in [-0.4, -0.2) is 55.3 Å². The zero-order valence-electron chi connectivity index (χ0n) is 13.4. The van der Waals surface area contributed by atoms with Crippen molar-refractivity contribution in [1.82, 2.24) is 5.32 Å². The van der Waals surface area contributed by atoms with E-state index in [4.69, 9.17) is 4.74 Å². The molecule has 0 aromatic carbocycles. The fraction of sp³-hybridized carbons (Fsp3) is 0.786. The smallest absolute Gasteiger partial charge is 0.367 e. The quantitative estimate of drug-likeness (QED) is 0.443. The molecule has 3 aliphatic rings. The van der Waals surface area contributed by atoms with Crippen LogP contribution in [0.1, 0.15) is 19.3 Å². The second-order valence-electron chi connectivity index (χ2n) is 6.72. The zero-order valence-corrected chi connectivity index (χ0v) is 14.2. The molecule has 1 N–H and O–H groups in total. The van der Waals surface area contributed by atoms with Gasteiger partial charge in [0, 0.05) is 12.5 Å². The van der Waals surface area contributed by atoms with Crippen LogP contribution in [0.2, 0.25) is 0 Å². The SMILES string of the molecule is O=C(CCNC(=O)C1C2CC3OC(=O)C1C3C2)OCC(F)(F)S(=O)(=O)[O-]. The van der Waals surface area contributed by atoms with Crippen LogP contribution in [0.4, 0.5) is 8.78 Å². The first kappa shape index (κ1) is 19.0. The van der Waals surface area contributed by atoms with Gasteiger partial charge in [0.05, 0.1) is 18.3 Å². The molecule has 1 aliphatic heterocycles. The van der Waals surface area contributed by atoms with E-state index in [0.717, 1.165) is 6.42 Å². The van der Waals surface area contributed by atoms with Gasteiger partial charge in [-0.2, -0.15) is 8.78 Å². The Kier molecular flexibility index (Phi) is 4.67. The van der Waals surface area contributed by atoms with Crippen LogP contribution in [0.5, 0.6) is 0 Å². The van der Waals surface area contributed by atoms with Gasteiger partial charge in [-0.15, -0.1) is 0 Å². The van der Waals surface area contributed by atoms with Gasteiger partial charge in [0.15, 0.2) is 16.7 Å². The number of carbonyl (C=O) groups excluding carboxylic acids is 3. The maximum Gasteiger partial charge on any atom is 0.367 e. The Hall–Kier alpha value is -1.82. The maximum atomic E-state index is 12.9. The Morgan fingerprint density at radius 3 is 2.69 bits per heavy atom. The molecule has 0 spiro atoms. The van der Waals surface area contributed by atoms with Crippen LogP contribution in [0.15, 0.2) is 0 Å². The van der Waals surface area contributed by atoms with E-state index in [9.17, 15) is 36.1 Å². The molecule has 3 fully saturated rings. The number of alkyl halides is 2. The molecular formula is C14H16F2NO8S-. The highest BCUT2D eigenvalue weighted by molar-refractivity contribution is 7.86. The highest BCUT2D eigenvalue weighted by atomic mass is 32.2. The van der Waals surface area contributed by atoms with Gasteiger partial charge < -0.3 is 19.3 Å². The number of amides is 1. The summed E-state index contributed by atoms with van der Waals surface area (Å²) in [7, 11) is -5.93.